The summed E-state index contributed by atoms with van der Waals surface area (Å²) >= 11 is 9.18. The normalized spacial score (nSPS) is 19.8. The van der Waals surface area contributed by atoms with Crippen molar-refractivity contribution in [1.29, 1.82) is 0 Å². The maximum Gasteiger partial charge on any atom is 0.255 e. The monoisotopic (exact) mass is 345 g/mol. The van der Waals surface area contributed by atoms with Crippen molar-refractivity contribution in [2.24, 2.45) is 10.9 Å². The van der Waals surface area contributed by atoms with Gasteiger partial charge >= 0.3 is 0 Å². The Morgan fingerprint density at radius 1 is 1.58 bits per heavy atom. The lowest BCUT2D eigenvalue weighted by Gasteiger charge is -2.24. The molecule has 1 atom stereocenters. The van der Waals surface area contributed by atoms with Gasteiger partial charge in [0.05, 0.1) is 11.6 Å². The third-order valence-electron chi connectivity index (χ3n) is 3.13. The zero-order valence-electron chi connectivity index (χ0n) is 10.0. The molecular formula is C12H13BrClN3O2. The summed E-state index contributed by atoms with van der Waals surface area (Å²) in [6.45, 7) is 0.592. The van der Waals surface area contributed by atoms with Crippen LogP contribution in [0.1, 0.15) is 23.2 Å². The van der Waals surface area contributed by atoms with E-state index in [1.807, 2.05) is 0 Å². The molecule has 1 heterocycles. The number of benzene rings is 1. The fourth-order valence-corrected chi connectivity index (χ4v) is 3.05. The van der Waals surface area contributed by atoms with Gasteiger partial charge < -0.3 is 15.8 Å². The maximum atomic E-state index is 12.5. The molecule has 0 radical (unpaired) electrons. The average molecular weight is 347 g/mol. The van der Waals surface area contributed by atoms with Gasteiger partial charge in [0.2, 0.25) is 0 Å². The summed E-state index contributed by atoms with van der Waals surface area (Å²) in [5.41, 5.74) is 6.14. The minimum absolute atomic E-state index is 0.0657. The fourth-order valence-electron chi connectivity index (χ4n) is 2.20. The Bertz CT molecular complexity index is 536. The predicted octanol–water partition coefficient (Wildman–Crippen LogP) is 2.45. The van der Waals surface area contributed by atoms with E-state index < -0.39 is 0 Å². The fraction of sp³-hybridized carbons (Fsp3) is 0.333. The van der Waals surface area contributed by atoms with Crippen molar-refractivity contribution in [1.82, 2.24) is 4.90 Å². The van der Waals surface area contributed by atoms with Crippen molar-refractivity contribution < 1.29 is 10.0 Å². The van der Waals surface area contributed by atoms with E-state index in [2.05, 4.69) is 21.1 Å². The highest BCUT2D eigenvalue weighted by molar-refractivity contribution is 9.10. The number of carbonyl (C=O) groups is 1. The maximum absolute atomic E-state index is 12.5. The van der Waals surface area contributed by atoms with Crippen LogP contribution < -0.4 is 5.73 Å². The third-order valence-corrected chi connectivity index (χ3v) is 4.02. The Kier molecular flexibility index (Phi) is 4.31. The summed E-state index contributed by atoms with van der Waals surface area (Å²) in [6, 6.07) is 4.65. The number of carbonyl (C=O) groups excluding carboxylic acids is 1. The molecule has 1 fully saturated rings. The van der Waals surface area contributed by atoms with Crippen molar-refractivity contribution in [3.05, 3.63) is 33.3 Å². The van der Waals surface area contributed by atoms with Crippen LogP contribution in [0.4, 0.5) is 0 Å². The molecule has 7 heteroatoms. The third kappa shape index (κ3) is 2.84. The summed E-state index contributed by atoms with van der Waals surface area (Å²) in [7, 11) is 0. The Labute approximate surface area is 124 Å². The van der Waals surface area contributed by atoms with Crippen LogP contribution >= 0.6 is 27.5 Å². The molecule has 1 saturated heterocycles. The highest BCUT2D eigenvalue weighted by atomic mass is 79.9. The molecule has 5 nitrogen and oxygen atoms in total. The molecule has 1 aliphatic rings. The first-order chi connectivity index (χ1) is 9.04. The van der Waals surface area contributed by atoms with Gasteiger partial charge in [0.15, 0.2) is 5.84 Å². The number of hydrogen-bond acceptors (Lipinski definition) is 3. The van der Waals surface area contributed by atoms with Gasteiger partial charge in [0, 0.05) is 16.0 Å². The Balaban J connectivity index is 2.28. The van der Waals surface area contributed by atoms with E-state index in [-0.39, 0.29) is 17.8 Å². The minimum atomic E-state index is -0.347. The quantitative estimate of drug-likeness (QED) is 0.374. The lowest BCUT2D eigenvalue weighted by atomic mass is 10.1. The lowest BCUT2D eigenvalue weighted by Crippen LogP contribution is -2.44. The molecule has 0 aromatic heterocycles. The van der Waals surface area contributed by atoms with E-state index >= 15 is 0 Å². The molecule has 0 saturated carbocycles. The molecule has 19 heavy (non-hydrogen) atoms. The van der Waals surface area contributed by atoms with Crippen LogP contribution in [0.25, 0.3) is 0 Å². The number of rotatable bonds is 2. The summed E-state index contributed by atoms with van der Waals surface area (Å²) in [4.78, 5) is 14.1. The molecule has 1 aromatic rings. The smallest absolute Gasteiger partial charge is 0.255 e. The molecule has 102 valence electrons. The summed E-state index contributed by atoms with van der Waals surface area (Å²) in [5.74, 6) is -0.0893. The van der Waals surface area contributed by atoms with Crippen LogP contribution in [0.15, 0.2) is 27.8 Å². The Morgan fingerprint density at radius 3 is 2.95 bits per heavy atom. The van der Waals surface area contributed by atoms with Crippen molar-refractivity contribution >= 4 is 39.3 Å². The molecule has 0 spiro atoms. The summed E-state index contributed by atoms with van der Waals surface area (Å²) in [5, 5.41) is 12.3. The van der Waals surface area contributed by atoms with Gasteiger partial charge in [-0.2, -0.15) is 0 Å². The average Bonchev–Trinajstić information content (AvgIpc) is 2.86. The number of nitrogens with two attached hydrogens (primary N) is 1. The van der Waals surface area contributed by atoms with Gasteiger partial charge in [0.25, 0.3) is 5.91 Å². The van der Waals surface area contributed by atoms with E-state index in [1.165, 1.54) is 0 Å². The van der Waals surface area contributed by atoms with Crippen LogP contribution in [0.5, 0.6) is 0 Å². The van der Waals surface area contributed by atoms with Crippen LogP contribution in [0.2, 0.25) is 5.02 Å². The second-order valence-corrected chi connectivity index (χ2v) is 5.60. The molecule has 3 N–H and O–H groups in total. The summed E-state index contributed by atoms with van der Waals surface area (Å²) < 4.78 is 0.634. The van der Waals surface area contributed by atoms with Crippen LogP contribution in [-0.4, -0.2) is 34.4 Å². The van der Waals surface area contributed by atoms with Crippen molar-refractivity contribution in [3.63, 3.8) is 0 Å². The van der Waals surface area contributed by atoms with Gasteiger partial charge in [0.1, 0.15) is 0 Å². The van der Waals surface area contributed by atoms with E-state index in [0.29, 0.717) is 28.0 Å². The molecule has 0 aliphatic carbocycles. The molecule has 1 amide bonds. The molecule has 1 aliphatic heterocycles. The van der Waals surface area contributed by atoms with E-state index in [9.17, 15) is 4.79 Å². The Hall–Kier alpha value is -1.27. The van der Waals surface area contributed by atoms with Crippen LogP contribution in [-0.2, 0) is 0 Å². The van der Waals surface area contributed by atoms with E-state index in [0.717, 1.165) is 6.42 Å². The number of likely N-dealkylation sites (tertiary alicyclic amines) is 1. The SMILES string of the molecule is N/C(=N/O)C1CCCN1C(=O)c1ccc(Cl)cc1Br. The van der Waals surface area contributed by atoms with Crippen LogP contribution in [0.3, 0.4) is 0 Å². The van der Waals surface area contributed by atoms with Gasteiger partial charge in [-0.05, 0) is 47.0 Å². The van der Waals surface area contributed by atoms with Gasteiger partial charge in [-0.25, -0.2) is 0 Å². The number of amides is 1. The second-order valence-electron chi connectivity index (χ2n) is 4.31. The largest absolute Gasteiger partial charge is 0.409 e. The minimum Gasteiger partial charge on any atom is -0.409 e. The van der Waals surface area contributed by atoms with Crippen LogP contribution in [0, 0.1) is 0 Å². The standard InChI is InChI=1S/C12H13BrClN3O2/c13-9-6-7(14)3-4-8(9)12(18)17-5-1-2-10(17)11(15)16-19/h3-4,6,10,19H,1-2,5H2,(H2,15,16). The first-order valence-corrected chi connectivity index (χ1v) is 6.95. The number of nitrogens with zero attached hydrogens (tertiary/aromatic N) is 2. The lowest BCUT2D eigenvalue weighted by molar-refractivity contribution is 0.0767. The number of hydrogen-bond donors (Lipinski definition) is 2. The van der Waals surface area contributed by atoms with Crippen molar-refractivity contribution in [2.45, 2.75) is 18.9 Å². The molecule has 1 aromatic carbocycles. The topological polar surface area (TPSA) is 78.9 Å². The number of amidine groups is 1. The number of halogens is 2. The van der Waals surface area contributed by atoms with E-state index in [1.54, 1.807) is 23.1 Å². The zero-order chi connectivity index (χ0) is 14.0. The van der Waals surface area contributed by atoms with Crippen molar-refractivity contribution in [3.8, 4) is 0 Å². The molecule has 0 bridgehead atoms. The molecule has 2 rings (SSSR count). The highest BCUT2D eigenvalue weighted by Crippen LogP contribution is 2.26. The molecule has 1 unspecified atom stereocenters. The predicted molar refractivity (Wildman–Crippen MR) is 76.6 cm³/mol. The first kappa shape index (κ1) is 14.1. The van der Waals surface area contributed by atoms with Crippen molar-refractivity contribution in [2.75, 3.05) is 6.54 Å². The first-order valence-electron chi connectivity index (χ1n) is 5.78. The van der Waals surface area contributed by atoms with Gasteiger partial charge in [-0.1, -0.05) is 16.8 Å². The van der Waals surface area contributed by atoms with E-state index in [4.69, 9.17) is 22.5 Å². The van der Waals surface area contributed by atoms with Gasteiger partial charge in [-0.3, -0.25) is 4.79 Å². The summed E-state index contributed by atoms with van der Waals surface area (Å²) in [6.07, 6.45) is 1.53. The second kappa shape index (κ2) is 5.79. The number of oxime groups is 1. The zero-order valence-corrected chi connectivity index (χ0v) is 12.4. The molecular weight excluding hydrogens is 334 g/mol. The highest BCUT2D eigenvalue weighted by Gasteiger charge is 2.33. The Morgan fingerprint density at radius 2 is 2.32 bits per heavy atom. The van der Waals surface area contributed by atoms with Gasteiger partial charge in [-0.15, -0.1) is 0 Å².